The summed E-state index contributed by atoms with van der Waals surface area (Å²) in [7, 11) is 0. The summed E-state index contributed by atoms with van der Waals surface area (Å²) in [5.41, 5.74) is 1.08. The van der Waals surface area contributed by atoms with E-state index < -0.39 is 0 Å². The molecule has 1 N–H and O–H groups in total. The van der Waals surface area contributed by atoms with Gasteiger partial charge in [0.15, 0.2) is 0 Å². The average molecular weight is 273 g/mol. The number of thioether (sulfide) groups is 1. The third-order valence-electron chi connectivity index (χ3n) is 3.55. The van der Waals surface area contributed by atoms with Gasteiger partial charge >= 0.3 is 0 Å². The summed E-state index contributed by atoms with van der Waals surface area (Å²) in [4.78, 5) is 4.43. The molecule has 3 rings (SSSR count). The van der Waals surface area contributed by atoms with Crippen molar-refractivity contribution in [2.24, 2.45) is 0 Å². The van der Waals surface area contributed by atoms with Gasteiger partial charge in [-0.1, -0.05) is 18.2 Å². The van der Waals surface area contributed by atoms with Crippen LogP contribution in [0.5, 0.6) is 0 Å². The molecule has 1 aliphatic rings. The van der Waals surface area contributed by atoms with Crippen LogP contribution in [0.1, 0.15) is 19.8 Å². The van der Waals surface area contributed by atoms with Gasteiger partial charge in [-0.25, -0.2) is 4.98 Å². The molecule has 1 aromatic carbocycles. The highest BCUT2D eigenvalue weighted by molar-refractivity contribution is 8.00. The first-order valence-electron chi connectivity index (χ1n) is 6.72. The van der Waals surface area contributed by atoms with Crippen LogP contribution in [0, 0.1) is 0 Å². The Morgan fingerprint density at radius 2 is 2.21 bits per heavy atom. The monoisotopic (exact) mass is 273 g/mol. The number of para-hydroxylation sites is 1. The fourth-order valence-electron chi connectivity index (χ4n) is 2.53. The second-order valence-corrected chi connectivity index (χ2v) is 6.95. The largest absolute Gasteiger partial charge is 0.326 e. The molecule has 3 nitrogen and oxygen atoms in total. The van der Waals surface area contributed by atoms with Crippen molar-refractivity contribution in [1.29, 1.82) is 0 Å². The number of nitrogens with zero attached hydrogens (tertiary/aromatic N) is 2. The van der Waals surface area contributed by atoms with E-state index in [1.807, 2.05) is 24.4 Å². The summed E-state index contributed by atoms with van der Waals surface area (Å²) < 4.78 is 2.58. The van der Waals surface area contributed by atoms with Gasteiger partial charge in [0.05, 0.1) is 0 Å². The second-order valence-electron chi connectivity index (χ2n) is 5.27. The molecule has 0 saturated carbocycles. The van der Waals surface area contributed by atoms with Gasteiger partial charge in [-0.15, -0.1) is 0 Å². The van der Waals surface area contributed by atoms with Crippen LogP contribution in [0.3, 0.4) is 0 Å². The number of nitrogens with one attached hydrogen (secondary N) is 1. The third kappa shape index (κ3) is 2.95. The van der Waals surface area contributed by atoms with E-state index in [2.05, 4.69) is 51.9 Å². The molecule has 100 valence electrons. The summed E-state index contributed by atoms with van der Waals surface area (Å²) >= 11 is 2.08. The first-order chi connectivity index (χ1) is 9.25. The zero-order chi connectivity index (χ0) is 13.1. The van der Waals surface area contributed by atoms with Crippen molar-refractivity contribution in [2.75, 3.05) is 11.1 Å². The van der Waals surface area contributed by atoms with Crippen LogP contribution in [-0.2, 0) is 6.54 Å². The molecule has 1 fully saturated rings. The Morgan fingerprint density at radius 3 is 2.95 bits per heavy atom. The van der Waals surface area contributed by atoms with Gasteiger partial charge in [-0.05, 0) is 37.7 Å². The Kier molecular flexibility index (Phi) is 3.51. The normalized spacial score (nSPS) is 22.6. The molecule has 4 heteroatoms. The number of hydrogen-bond donors (Lipinski definition) is 1. The maximum absolute atomic E-state index is 4.43. The Morgan fingerprint density at radius 1 is 1.37 bits per heavy atom. The van der Waals surface area contributed by atoms with Crippen molar-refractivity contribution in [3.05, 3.63) is 42.7 Å². The number of aromatic nitrogens is 2. The number of imidazole rings is 1. The minimum absolute atomic E-state index is 0.355. The maximum Gasteiger partial charge on any atom is 0.207 e. The first-order valence-corrected chi connectivity index (χ1v) is 7.71. The van der Waals surface area contributed by atoms with Gasteiger partial charge in [0.25, 0.3) is 0 Å². The van der Waals surface area contributed by atoms with Crippen LogP contribution in [0.15, 0.2) is 42.7 Å². The molecule has 0 aliphatic carbocycles. The molecule has 0 spiro atoms. The number of anilines is 2. The Bertz CT molecular complexity index is 529. The molecule has 19 heavy (non-hydrogen) atoms. The van der Waals surface area contributed by atoms with E-state index in [1.165, 1.54) is 18.6 Å². The van der Waals surface area contributed by atoms with E-state index in [4.69, 9.17) is 0 Å². The fourth-order valence-corrected chi connectivity index (χ4v) is 3.83. The van der Waals surface area contributed by atoms with Crippen LogP contribution >= 0.6 is 11.8 Å². The molecule has 2 aromatic rings. The molecule has 1 saturated heterocycles. The first kappa shape index (κ1) is 12.6. The molecular formula is C15H19N3S. The van der Waals surface area contributed by atoms with E-state index in [9.17, 15) is 0 Å². The molecule has 1 aliphatic heterocycles. The van der Waals surface area contributed by atoms with Gasteiger partial charge in [-0.2, -0.15) is 11.8 Å². The molecule has 1 atom stereocenters. The lowest BCUT2D eigenvalue weighted by atomic mass is 10.1. The van der Waals surface area contributed by atoms with E-state index >= 15 is 0 Å². The summed E-state index contributed by atoms with van der Waals surface area (Å²) in [5.74, 6) is 2.21. The van der Waals surface area contributed by atoms with Gasteiger partial charge in [0.2, 0.25) is 5.95 Å². The minimum Gasteiger partial charge on any atom is -0.326 e. The molecule has 0 amide bonds. The van der Waals surface area contributed by atoms with Crippen LogP contribution < -0.4 is 5.32 Å². The van der Waals surface area contributed by atoms with Gasteiger partial charge in [-0.3, -0.25) is 0 Å². The second kappa shape index (κ2) is 5.29. The third-order valence-corrected chi connectivity index (χ3v) is 5.07. The lowest BCUT2D eigenvalue weighted by Gasteiger charge is -2.24. The summed E-state index contributed by atoms with van der Waals surface area (Å²) in [6, 6.07) is 10.2. The number of hydrogen-bond acceptors (Lipinski definition) is 3. The minimum atomic E-state index is 0.355. The molecule has 1 unspecified atom stereocenters. The predicted octanol–water partition coefficient (Wildman–Crippen LogP) is 3.91. The molecule has 2 heterocycles. The van der Waals surface area contributed by atoms with Gasteiger partial charge < -0.3 is 9.88 Å². The quantitative estimate of drug-likeness (QED) is 0.916. The van der Waals surface area contributed by atoms with E-state index in [0.717, 1.165) is 18.2 Å². The Labute approximate surface area is 118 Å². The zero-order valence-electron chi connectivity index (χ0n) is 11.2. The lowest BCUT2D eigenvalue weighted by Crippen LogP contribution is -2.24. The predicted molar refractivity (Wildman–Crippen MR) is 82.0 cm³/mol. The number of benzene rings is 1. The zero-order valence-corrected chi connectivity index (χ0v) is 12.0. The van der Waals surface area contributed by atoms with Crippen LogP contribution in [0.25, 0.3) is 0 Å². The van der Waals surface area contributed by atoms with Crippen molar-refractivity contribution in [1.82, 2.24) is 9.55 Å². The highest BCUT2D eigenvalue weighted by Crippen LogP contribution is 2.39. The number of rotatable bonds is 4. The van der Waals surface area contributed by atoms with Crippen molar-refractivity contribution in [3.8, 4) is 0 Å². The van der Waals surface area contributed by atoms with E-state index in [1.54, 1.807) is 0 Å². The van der Waals surface area contributed by atoms with Crippen molar-refractivity contribution >= 4 is 23.4 Å². The average Bonchev–Trinajstić information content (AvgIpc) is 3.02. The molecular weight excluding hydrogens is 254 g/mol. The summed E-state index contributed by atoms with van der Waals surface area (Å²) in [6.45, 7) is 3.38. The topological polar surface area (TPSA) is 29.9 Å². The van der Waals surface area contributed by atoms with Crippen LogP contribution in [0.2, 0.25) is 0 Å². The molecule has 0 bridgehead atoms. The standard InChI is InChI=1S/C15H19N3S/c1-15(8-5-11-19-15)12-18-10-9-16-14(18)17-13-6-3-2-4-7-13/h2-4,6-7,9-10H,5,8,11-12H2,1H3,(H,16,17). The highest BCUT2D eigenvalue weighted by atomic mass is 32.2. The summed E-state index contributed by atoms with van der Waals surface area (Å²) in [6.07, 6.45) is 6.56. The fraction of sp³-hybridized carbons (Fsp3) is 0.400. The Hall–Kier alpha value is -1.42. The van der Waals surface area contributed by atoms with E-state index in [0.29, 0.717) is 4.75 Å². The molecule has 1 aromatic heterocycles. The van der Waals surface area contributed by atoms with Crippen LogP contribution in [0.4, 0.5) is 11.6 Å². The molecule has 0 radical (unpaired) electrons. The van der Waals surface area contributed by atoms with Gasteiger partial charge in [0.1, 0.15) is 0 Å². The van der Waals surface area contributed by atoms with Crippen molar-refractivity contribution in [3.63, 3.8) is 0 Å². The van der Waals surface area contributed by atoms with Crippen LogP contribution in [-0.4, -0.2) is 20.1 Å². The van der Waals surface area contributed by atoms with Crippen molar-refractivity contribution in [2.45, 2.75) is 31.1 Å². The van der Waals surface area contributed by atoms with Gasteiger partial charge in [0, 0.05) is 29.4 Å². The smallest absolute Gasteiger partial charge is 0.207 e. The van der Waals surface area contributed by atoms with E-state index in [-0.39, 0.29) is 0 Å². The lowest BCUT2D eigenvalue weighted by molar-refractivity contribution is 0.514. The highest BCUT2D eigenvalue weighted by Gasteiger charge is 2.30. The summed E-state index contributed by atoms with van der Waals surface area (Å²) in [5, 5.41) is 3.39. The Balaban J connectivity index is 1.75. The van der Waals surface area contributed by atoms with Crippen molar-refractivity contribution < 1.29 is 0 Å². The SMILES string of the molecule is CC1(Cn2ccnc2Nc2ccccc2)CCCS1. The maximum atomic E-state index is 4.43.